The second kappa shape index (κ2) is 3.32. The summed E-state index contributed by atoms with van der Waals surface area (Å²) in [5, 5.41) is 3.00. The zero-order chi connectivity index (χ0) is 7.40. The van der Waals surface area contributed by atoms with Gasteiger partial charge < -0.3 is 5.32 Å². The van der Waals surface area contributed by atoms with Crippen molar-refractivity contribution >= 4 is 22.9 Å². The summed E-state index contributed by atoms with van der Waals surface area (Å²) >= 11 is 4.85. The van der Waals surface area contributed by atoms with E-state index in [9.17, 15) is 0 Å². The summed E-state index contributed by atoms with van der Waals surface area (Å²) in [5.41, 5.74) is 0.995. The van der Waals surface area contributed by atoms with Crippen molar-refractivity contribution in [3.63, 3.8) is 0 Å². The Bertz CT molecular complexity index is 218. The highest BCUT2D eigenvalue weighted by Crippen LogP contribution is 2.03. The molecule has 10 heavy (non-hydrogen) atoms. The number of rotatable bonds is 1. The first-order chi connectivity index (χ1) is 4.79. The third-order valence-corrected chi connectivity index (χ3v) is 1.13. The van der Waals surface area contributed by atoms with Gasteiger partial charge in [0.05, 0.1) is 4.99 Å². The molecule has 0 amide bonds. The van der Waals surface area contributed by atoms with Crippen molar-refractivity contribution in [3.05, 3.63) is 30.3 Å². The van der Waals surface area contributed by atoms with Crippen LogP contribution in [0.3, 0.4) is 0 Å². The Morgan fingerprint density at radius 1 is 1.70 bits per heavy atom. The van der Waals surface area contributed by atoms with Crippen LogP contribution in [0.4, 0.5) is 5.69 Å². The molecule has 1 rings (SSSR count). The van der Waals surface area contributed by atoms with Gasteiger partial charge >= 0.3 is 0 Å². The van der Waals surface area contributed by atoms with Crippen molar-refractivity contribution < 1.29 is 0 Å². The fraction of sp³-hybridized carbons (Fsp3) is 0.125. The number of anilines is 1. The van der Waals surface area contributed by atoms with Crippen LogP contribution < -0.4 is 5.32 Å². The van der Waals surface area contributed by atoms with Gasteiger partial charge in [-0.25, -0.2) is 0 Å². The van der Waals surface area contributed by atoms with Gasteiger partial charge in [-0.05, 0) is 25.1 Å². The van der Waals surface area contributed by atoms with Gasteiger partial charge in [-0.2, -0.15) is 0 Å². The largest absolute Gasteiger partial charge is 0.350 e. The maximum atomic E-state index is 4.85. The minimum absolute atomic E-state index is 0.777. The minimum atomic E-state index is 0.777. The van der Waals surface area contributed by atoms with Crippen LogP contribution >= 0.6 is 12.2 Å². The van der Waals surface area contributed by atoms with Gasteiger partial charge in [-0.1, -0.05) is 24.4 Å². The van der Waals surface area contributed by atoms with E-state index in [1.807, 2.05) is 31.2 Å². The Morgan fingerprint density at radius 2 is 2.50 bits per heavy atom. The molecule has 1 N–H and O–H groups in total. The molecule has 1 nitrogen and oxygen atoms in total. The van der Waals surface area contributed by atoms with Crippen molar-refractivity contribution in [2.24, 2.45) is 0 Å². The van der Waals surface area contributed by atoms with Gasteiger partial charge in [0.2, 0.25) is 0 Å². The first-order valence-electron chi connectivity index (χ1n) is 3.03. The molecule has 51 valence electrons. The quantitative estimate of drug-likeness (QED) is 0.616. The van der Waals surface area contributed by atoms with Gasteiger partial charge in [-0.15, -0.1) is 0 Å². The Balaban J connectivity index is 2.67. The summed E-state index contributed by atoms with van der Waals surface area (Å²) < 4.78 is 0. The molecular weight excluding hydrogens is 142 g/mol. The molecule has 0 unspecified atom stereocenters. The van der Waals surface area contributed by atoms with Crippen molar-refractivity contribution in [2.75, 3.05) is 5.32 Å². The predicted molar refractivity (Wildman–Crippen MR) is 47.2 cm³/mol. The summed E-state index contributed by atoms with van der Waals surface area (Å²) in [7, 11) is 0. The normalized spacial score (nSPS) is 8.90. The Hall–Kier alpha value is -0.890. The van der Waals surface area contributed by atoms with E-state index in [-0.39, 0.29) is 0 Å². The highest BCUT2D eigenvalue weighted by molar-refractivity contribution is 7.80. The summed E-state index contributed by atoms with van der Waals surface area (Å²) in [6.07, 6.45) is 0. The van der Waals surface area contributed by atoms with E-state index in [1.165, 1.54) is 0 Å². The van der Waals surface area contributed by atoms with E-state index in [0.29, 0.717) is 0 Å². The number of hydrogen-bond donors (Lipinski definition) is 1. The van der Waals surface area contributed by atoms with E-state index in [2.05, 4.69) is 11.4 Å². The number of nitrogens with one attached hydrogen (secondary N) is 1. The van der Waals surface area contributed by atoms with E-state index < -0.39 is 0 Å². The lowest BCUT2D eigenvalue weighted by atomic mass is 10.3. The molecule has 0 aromatic heterocycles. The summed E-state index contributed by atoms with van der Waals surface area (Å²) in [5.74, 6) is 0. The molecule has 1 radical (unpaired) electrons. The van der Waals surface area contributed by atoms with E-state index in [4.69, 9.17) is 12.2 Å². The fourth-order valence-electron chi connectivity index (χ4n) is 0.674. The SMILES string of the molecule is CC(=S)Nc1c[c]ccc1. The van der Waals surface area contributed by atoms with Gasteiger partial charge in [0, 0.05) is 5.69 Å². The lowest BCUT2D eigenvalue weighted by molar-refractivity contribution is 1.62. The molecule has 1 aromatic carbocycles. The molecule has 0 atom stereocenters. The molecule has 0 saturated heterocycles. The fourth-order valence-corrected chi connectivity index (χ4v) is 0.792. The van der Waals surface area contributed by atoms with E-state index in [0.717, 1.165) is 10.7 Å². The average molecular weight is 150 g/mol. The first kappa shape index (κ1) is 7.22. The van der Waals surface area contributed by atoms with Gasteiger partial charge in [0.15, 0.2) is 0 Å². The number of hydrogen-bond acceptors (Lipinski definition) is 1. The minimum Gasteiger partial charge on any atom is -0.350 e. The number of thiocarbonyl (C=S) groups is 1. The maximum Gasteiger partial charge on any atom is 0.0765 e. The standard InChI is InChI=1S/C8H8NS/c1-7(10)9-8-5-3-2-4-6-8/h2-3,5-6H,1H3,(H,9,10). The van der Waals surface area contributed by atoms with Gasteiger partial charge in [-0.3, -0.25) is 0 Å². The molecule has 0 aliphatic rings. The van der Waals surface area contributed by atoms with E-state index in [1.54, 1.807) is 0 Å². The van der Waals surface area contributed by atoms with Crippen LogP contribution in [0.25, 0.3) is 0 Å². The lowest BCUT2D eigenvalue weighted by Gasteiger charge is -2.00. The maximum absolute atomic E-state index is 4.85. The first-order valence-corrected chi connectivity index (χ1v) is 3.43. The molecule has 0 aliphatic carbocycles. The zero-order valence-corrected chi connectivity index (χ0v) is 6.53. The summed E-state index contributed by atoms with van der Waals surface area (Å²) in [4.78, 5) is 0.777. The molecule has 0 bridgehead atoms. The van der Waals surface area contributed by atoms with Crippen LogP contribution in [0.5, 0.6) is 0 Å². The van der Waals surface area contributed by atoms with Crippen LogP contribution in [-0.2, 0) is 0 Å². The topological polar surface area (TPSA) is 12.0 Å². The molecule has 0 fully saturated rings. The second-order valence-corrected chi connectivity index (χ2v) is 2.59. The third kappa shape index (κ3) is 2.15. The van der Waals surface area contributed by atoms with Crippen molar-refractivity contribution in [1.82, 2.24) is 0 Å². The predicted octanol–water partition coefficient (Wildman–Crippen LogP) is 2.25. The van der Waals surface area contributed by atoms with Gasteiger partial charge in [0.1, 0.15) is 0 Å². The highest BCUT2D eigenvalue weighted by Gasteiger charge is 1.87. The zero-order valence-electron chi connectivity index (χ0n) is 5.72. The third-order valence-electron chi connectivity index (χ3n) is 1.03. The average Bonchev–Trinajstić information content (AvgIpc) is 1.88. The van der Waals surface area contributed by atoms with Crippen LogP contribution in [0, 0.1) is 6.07 Å². The highest BCUT2D eigenvalue weighted by atomic mass is 32.1. The van der Waals surface area contributed by atoms with Crippen molar-refractivity contribution in [2.45, 2.75) is 6.92 Å². The van der Waals surface area contributed by atoms with Crippen LogP contribution in [-0.4, -0.2) is 4.99 Å². The monoisotopic (exact) mass is 150 g/mol. The van der Waals surface area contributed by atoms with Crippen LogP contribution in [0.1, 0.15) is 6.92 Å². The molecule has 1 aromatic rings. The second-order valence-electron chi connectivity index (χ2n) is 1.97. The molecule has 2 heteroatoms. The summed E-state index contributed by atoms with van der Waals surface area (Å²) in [6.45, 7) is 1.85. The molecule has 0 heterocycles. The molecule has 0 aliphatic heterocycles. The summed E-state index contributed by atoms with van der Waals surface area (Å²) in [6, 6.07) is 10.5. The Labute approximate surface area is 66.1 Å². The Kier molecular flexibility index (Phi) is 2.40. The van der Waals surface area contributed by atoms with Gasteiger partial charge in [0.25, 0.3) is 0 Å². The van der Waals surface area contributed by atoms with Crippen molar-refractivity contribution in [1.29, 1.82) is 0 Å². The molecule has 0 spiro atoms. The van der Waals surface area contributed by atoms with Crippen molar-refractivity contribution in [3.8, 4) is 0 Å². The molecule has 0 saturated carbocycles. The lowest BCUT2D eigenvalue weighted by Crippen LogP contribution is -2.02. The van der Waals surface area contributed by atoms with E-state index >= 15 is 0 Å². The van der Waals surface area contributed by atoms with Crippen LogP contribution in [0.15, 0.2) is 24.3 Å². The molecular formula is C8H8NS. The Morgan fingerprint density at radius 3 is 3.00 bits per heavy atom. The van der Waals surface area contributed by atoms with Crippen LogP contribution in [0.2, 0.25) is 0 Å². The number of benzene rings is 1. The smallest absolute Gasteiger partial charge is 0.0765 e.